The summed E-state index contributed by atoms with van der Waals surface area (Å²) >= 11 is 1.98. The summed E-state index contributed by atoms with van der Waals surface area (Å²) < 4.78 is 7.77. The Bertz CT molecular complexity index is 716. The number of nitrogens with zero attached hydrogens (tertiary/aromatic N) is 3. The van der Waals surface area contributed by atoms with Crippen LogP contribution in [-0.2, 0) is 20.1 Å². The van der Waals surface area contributed by atoms with Crippen LogP contribution in [0.5, 0.6) is 5.75 Å². The molecule has 0 spiro atoms. The van der Waals surface area contributed by atoms with Gasteiger partial charge in [-0.2, -0.15) is 16.9 Å². The highest BCUT2D eigenvalue weighted by Crippen LogP contribution is 2.18. The van der Waals surface area contributed by atoms with Gasteiger partial charge in [0.05, 0.1) is 5.69 Å². The first-order valence-corrected chi connectivity index (χ1v) is 10.7. The lowest BCUT2D eigenvalue weighted by Crippen LogP contribution is -2.40. The molecule has 6 nitrogen and oxygen atoms in total. The van der Waals surface area contributed by atoms with Crippen molar-refractivity contribution >= 4 is 11.8 Å². The van der Waals surface area contributed by atoms with E-state index in [1.165, 1.54) is 5.56 Å². The monoisotopic (exact) mass is 390 g/mol. The van der Waals surface area contributed by atoms with Crippen LogP contribution in [0.15, 0.2) is 30.5 Å². The highest BCUT2D eigenvalue weighted by Gasteiger charge is 2.15. The van der Waals surface area contributed by atoms with E-state index in [1.54, 1.807) is 0 Å². The van der Waals surface area contributed by atoms with E-state index >= 15 is 0 Å². The van der Waals surface area contributed by atoms with Gasteiger partial charge in [0, 0.05) is 68.6 Å². The van der Waals surface area contributed by atoms with E-state index in [4.69, 9.17) is 4.74 Å². The number of ether oxygens (including phenoxy) is 1. The predicted octanol–water partition coefficient (Wildman–Crippen LogP) is 1.81. The molecule has 3 rings (SSSR count). The summed E-state index contributed by atoms with van der Waals surface area (Å²) in [7, 11) is 1.94. The number of β-amino-alcohol motifs (C(OH)–C–C–N with tert-alkyl or cyclic N) is 1. The lowest BCUT2D eigenvalue weighted by Gasteiger charge is -2.28. The third-order valence-electron chi connectivity index (χ3n) is 4.72. The second-order valence-corrected chi connectivity index (χ2v) is 8.23. The molecule has 27 heavy (non-hydrogen) atoms. The van der Waals surface area contributed by atoms with E-state index in [0.29, 0.717) is 19.7 Å². The first kappa shape index (κ1) is 20.2. The smallest absolute Gasteiger partial charge is 0.123 e. The molecule has 0 saturated carbocycles. The predicted molar refractivity (Wildman–Crippen MR) is 110 cm³/mol. The molecule has 0 aliphatic carbocycles. The number of aryl methyl sites for hydroxylation is 2. The third-order valence-corrected chi connectivity index (χ3v) is 5.67. The van der Waals surface area contributed by atoms with Gasteiger partial charge in [-0.05, 0) is 13.0 Å². The quantitative estimate of drug-likeness (QED) is 0.681. The number of benzene rings is 1. The molecule has 2 aromatic rings. The zero-order valence-corrected chi connectivity index (χ0v) is 17.0. The topological polar surface area (TPSA) is 62.6 Å². The van der Waals surface area contributed by atoms with Crippen molar-refractivity contribution in [2.45, 2.75) is 26.1 Å². The minimum atomic E-state index is -0.466. The summed E-state index contributed by atoms with van der Waals surface area (Å²) in [5.41, 5.74) is 3.35. The standard InChI is InChI=1S/C20H30N4O2S/c1-16-18(13-23(2)22-16)12-21-11-17-5-3-4-6-20(17)26-15-19(25)14-24-7-9-27-10-8-24/h3-6,13,19,21,25H,7-12,14-15H2,1-2H3/t19-/m1/s1. The van der Waals surface area contributed by atoms with E-state index in [2.05, 4.69) is 21.4 Å². The Morgan fingerprint density at radius 1 is 1.22 bits per heavy atom. The maximum Gasteiger partial charge on any atom is 0.123 e. The molecule has 1 saturated heterocycles. The van der Waals surface area contributed by atoms with E-state index in [-0.39, 0.29) is 0 Å². The molecule has 1 fully saturated rings. The van der Waals surface area contributed by atoms with Gasteiger partial charge in [-0.15, -0.1) is 0 Å². The van der Waals surface area contributed by atoms with E-state index < -0.39 is 6.10 Å². The number of hydrogen-bond donors (Lipinski definition) is 2. The maximum atomic E-state index is 10.3. The van der Waals surface area contributed by atoms with Crippen molar-refractivity contribution in [2.75, 3.05) is 37.7 Å². The molecule has 1 aliphatic rings. The number of aliphatic hydroxyl groups is 1. The first-order chi connectivity index (χ1) is 13.1. The number of aliphatic hydroxyl groups excluding tert-OH is 1. The van der Waals surface area contributed by atoms with Crippen LogP contribution in [-0.4, -0.2) is 63.6 Å². The normalized spacial score (nSPS) is 16.4. The fourth-order valence-electron chi connectivity index (χ4n) is 3.27. The average molecular weight is 391 g/mol. The summed E-state index contributed by atoms with van der Waals surface area (Å²) in [6, 6.07) is 8.02. The van der Waals surface area contributed by atoms with Crippen molar-refractivity contribution in [3.05, 3.63) is 47.3 Å². The summed E-state index contributed by atoms with van der Waals surface area (Å²) in [5.74, 6) is 3.14. The Balaban J connectivity index is 1.47. The summed E-state index contributed by atoms with van der Waals surface area (Å²) in [6.45, 7) is 6.61. The van der Waals surface area contributed by atoms with E-state index in [0.717, 1.165) is 48.1 Å². The molecule has 148 valence electrons. The zero-order chi connectivity index (χ0) is 19.1. The van der Waals surface area contributed by atoms with Crippen LogP contribution >= 0.6 is 11.8 Å². The summed E-state index contributed by atoms with van der Waals surface area (Å²) in [5, 5.41) is 18.1. The van der Waals surface area contributed by atoms with Crippen molar-refractivity contribution in [1.82, 2.24) is 20.0 Å². The molecule has 1 aromatic heterocycles. The van der Waals surface area contributed by atoms with Crippen molar-refractivity contribution in [2.24, 2.45) is 7.05 Å². The van der Waals surface area contributed by atoms with Crippen molar-refractivity contribution in [1.29, 1.82) is 0 Å². The second kappa shape index (κ2) is 10.1. The SMILES string of the molecule is Cc1nn(C)cc1CNCc1ccccc1OC[C@H](O)CN1CCSCC1. The number of nitrogens with one attached hydrogen (secondary N) is 1. The average Bonchev–Trinajstić information content (AvgIpc) is 2.99. The molecule has 2 heterocycles. The Kier molecular flexibility index (Phi) is 7.58. The molecule has 1 atom stereocenters. The molecule has 2 N–H and O–H groups in total. The largest absolute Gasteiger partial charge is 0.491 e. The minimum absolute atomic E-state index is 0.322. The molecular formula is C20H30N4O2S. The highest BCUT2D eigenvalue weighted by molar-refractivity contribution is 7.99. The lowest BCUT2D eigenvalue weighted by molar-refractivity contribution is 0.0711. The number of para-hydroxylation sites is 1. The minimum Gasteiger partial charge on any atom is -0.491 e. The van der Waals surface area contributed by atoms with Crippen LogP contribution in [0.25, 0.3) is 0 Å². The van der Waals surface area contributed by atoms with Crippen LogP contribution < -0.4 is 10.1 Å². The number of thioether (sulfide) groups is 1. The Morgan fingerprint density at radius 3 is 2.70 bits per heavy atom. The van der Waals surface area contributed by atoms with Crippen LogP contribution in [0.4, 0.5) is 0 Å². The Labute approximate surface area is 165 Å². The second-order valence-electron chi connectivity index (χ2n) is 7.00. The first-order valence-electron chi connectivity index (χ1n) is 9.50. The molecular weight excluding hydrogens is 360 g/mol. The lowest BCUT2D eigenvalue weighted by atomic mass is 10.2. The van der Waals surface area contributed by atoms with Gasteiger partial charge >= 0.3 is 0 Å². The maximum absolute atomic E-state index is 10.3. The zero-order valence-electron chi connectivity index (χ0n) is 16.2. The van der Waals surface area contributed by atoms with Crippen molar-refractivity contribution < 1.29 is 9.84 Å². The van der Waals surface area contributed by atoms with Gasteiger partial charge in [0.25, 0.3) is 0 Å². The summed E-state index contributed by atoms with van der Waals surface area (Å²) in [4.78, 5) is 2.31. The van der Waals surface area contributed by atoms with Crippen LogP contribution in [0.1, 0.15) is 16.8 Å². The van der Waals surface area contributed by atoms with Crippen molar-refractivity contribution in [3.63, 3.8) is 0 Å². The van der Waals surface area contributed by atoms with Crippen LogP contribution in [0.2, 0.25) is 0 Å². The number of aromatic nitrogens is 2. The fraction of sp³-hybridized carbons (Fsp3) is 0.550. The number of rotatable bonds is 9. The molecule has 0 bridgehead atoms. The molecule has 0 unspecified atom stereocenters. The van der Waals surface area contributed by atoms with Gasteiger partial charge in [-0.1, -0.05) is 18.2 Å². The summed E-state index contributed by atoms with van der Waals surface area (Å²) in [6.07, 6.45) is 1.58. The molecule has 0 amide bonds. The molecule has 0 radical (unpaired) electrons. The van der Waals surface area contributed by atoms with Gasteiger partial charge < -0.3 is 15.2 Å². The van der Waals surface area contributed by atoms with Crippen LogP contribution in [0.3, 0.4) is 0 Å². The van der Waals surface area contributed by atoms with E-state index in [9.17, 15) is 5.11 Å². The van der Waals surface area contributed by atoms with Crippen molar-refractivity contribution in [3.8, 4) is 5.75 Å². The Hall–Kier alpha value is -1.54. The fourth-order valence-corrected chi connectivity index (χ4v) is 4.24. The van der Waals surface area contributed by atoms with E-state index in [1.807, 2.05) is 54.8 Å². The Morgan fingerprint density at radius 2 is 1.96 bits per heavy atom. The van der Waals surface area contributed by atoms with Gasteiger partial charge in [-0.3, -0.25) is 9.58 Å². The molecule has 7 heteroatoms. The van der Waals surface area contributed by atoms with Crippen LogP contribution in [0, 0.1) is 6.92 Å². The van der Waals surface area contributed by atoms with Gasteiger partial charge in [0.2, 0.25) is 0 Å². The van der Waals surface area contributed by atoms with Gasteiger partial charge in [0.1, 0.15) is 18.5 Å². The van der Waals surface area contributed by atoms with Gasteiger partial charge in [-0.25, -0.2) is 0 Å². The third kappa shape index (κ3) is 6.24. The number of hydrogen-bond acceptors (Lipinski definition) is 6. The van der Waals surface area contributed by atoms with Gasteiger partial charge in [0.15, 0.2) is 0 Å². The molecule has 1 aromatic carbocycles. The molecule has 1 aliphatic heterocycles. The highest BCUT2D eigenvalue weighted by atomic mass is 32.2.